The highest BCUT2D eigenvalue weighted by Crippen LogP contribution is 2.31. The van der Waals surface area contributed by atoms with Gasteiger partial charge in [0.05, 0.1) is 19.3 Å². The van der Waals surface area contributed by atoms with Gasteiger partial charge in [-0.25, -0.2) is 0 Å². The van der Waals surface area contributed by atoms with Crippen LogP contribution >= 0.6 is 24.8 Å². The van der Waals surface area contributed by atoms with E-state index < -0.39 is 0 Å². The second kappa shape index (κ2) is 11.9. The van der Waals surface area contributed by atoms with Crippen LogP contribution in [0.15, 0.2) is 24.3 Å². The molecule has 1 aromatic rings. The number of amides is 1. The number of ether oxygens (including phenoxy) is 1. The molecule has 0 radical (unpaired) electrons. The SMILES string of the molecule is Cc1ccc(C(CN2CCOCC2)NC(=O)[C@@H]2CCC[C@@H]2CN)cc1.Cl.Cl. The Kier molecular flexibility index (Phi) is 10.6. The first-order valence-electron chi connectivity index (χ1n) is 9.54. The molecule has 0 bridgehead atoms. The van der Waals surface area contributed by atoms with E-state index in [9.17, 15) is 4.79 Å². The first-order valence-corrected chi connectivity index (χ1v) is 9.54. The van der Waals surface area contributed by atoms with Crippen molar-refractivity contribution in [3.05, 3.63) is 35.4 Å². The molecule has 1 amide bonds. The van der Waals surface area contributed by atoms with Gasteiger partial charge in [0.15, 0.2) is 0 Å². The molecule has 2 aliphatic rings. The molecule has 1 saturated carbocycles. The fourth-order valence-corrected chi connectivity index (χ4v) is 4.02. The summed E-state index contributed by atoms with van der Waals surface area (Å²) in [7, 11) is 0. The van der Waals surface area contributed by atoms with Crippen LogP contribution in [0.4, 0.5) is 0 Å². The van der Waals surface area contributed by atoms with E-state index in [1.54, 1.807) is 0 Å². The van der Waals surface area contributed by atoms with Gasteiger partial charge in [-0.15, -0.1) is 24.8 Å². The number of halogens is 2. The molecule has 1 aliphatic carbocycles. The Bertz CT molecular complexity index is 565. The smallest absolute Gasteiger partial charge is 0.223 e. The number of hydrogen-bond acceptors (Lipinski definition) is 4. The van der Waals surface area contributed by atoms with Gasteiger partial charge in [-0.1, -0.05) is 36.2 Å². The molecule has 1 aliphatic heterocycles. The van der Waals surface area contributed by atoms with Gasteiger partial charge in [0.2, 0.25) is 5.91 Å². The predicted octanol–water partition coefficient (Wildman–Crippen LogP) is 2.70. The largest absolute Gasteiger partial charge is 0.379 e. The average molecular weight is 418 g/mol. The van der Waals surface area contributed by atoms with Crippen LogP contribution in [0.2, 0.25) is 0 Å². The Morgan fingerprint density at radius 3 is 2.52 bits per heavy atom. The van der Waals surface area contributed by atoms with Crippen molar-refractivity contribution in [3.8, 4) is 0 Å². The Labute approximate surface area is 175 Å². The Hall–Kier alpha value is -0.850. The van der Waals surface area contributed by atoms with Gasteiger partial charge in [-0.3, -0.25) is 9.69 Å². The monoisotopic (exact) mass is 417 g/mol. The van der Waals surface area contributed by atoms with Crippen molar-refractivity contribution in [1.29, 1.82) is 0 Å². The van der Waals surface area contributed by atoms with Gasteiger partial charge in [0.25, 0.3) is 0 Å². The maximum absolute atomic E-state index is 12.9. The first kappa shape index (κ1) is 24.2. The van der Waals surface area contributed by atoms with E-state index in [1.807, 2.05) is 0 Å². The van der Waals surface area contributed by atoms with Gasteiger partial charge in [-0.05, 0) is 37.8 Å². The van der Waals surface area contributed by atoms with Gasteiger partial charge < -0.3 is 15.8 Å². The normalized spacial score (nSPS) is 23.8. The van der Waals surface area contributed by atoms with Crippen molar-refractivity contribution in [1.82, 2.24) is 10.2 Å². The highest BCUT2D eigenvalue weighted by molar-refractivity contribution is 5.85. The zero-order valence-corrected chi connectivity index (χ0v) is 17.7. The van der Waals surface area contributed by atoms with Gasteiger partial charge in [0.1, 0.15) is 0 Å². The maximum Gasteiger partial charge on any atom is 0.223 e. The molecule has 1 heterocycles. The maximum atomic E-state index is 12.9. The van der Waals surface area contributed by atoms with E-state index in [1.165, 1.54) is 11.1 Å². The molecular weight excluding hydrogens is 385 g/mol. The van der Waals surface area contributed by atoms with Crippen LogP contribution in [0.25, 0.3) is 0 Å². The van der Waals surface area contributed by atoms with Crippen LogP contribution in [0.5, 0.6) is 0 Å². The lowest BCUT2D eigenvalue weighted by molar-refractivity contribution is -0.127. The van der Waals surface area contributed by atoms with Crippen molar-refractivity contribution >= 4 is 30.7 Å². The number of rotatable bonds is 6. The van der Waals surface area contributed by atoms with Crippen LogP contribution in [0, 0.1) is 18.8 Å². The lowest BCUT2D eigenvalue weighted by Crippen LogP contribution is -2.45. The molecule has 154 valence electrons. The Morgan fingerprint density at radius 1 is 1.22 bits per heavy atom. The van der Waals surface area contributed by atoms with E-state index in [-0.39, 0.29) is 42.7 Å². The lowest BCUT2D eigenvalue weighted by atomic mass is 9.94. The topological polar surface area (TPSA) is 67.6 Å². The molecule has 27 heavy (non-hydrogen) atoms. The van der Waals surface area contributed by atoms with Gasteiger partial charge in [0, 0.05) is 25.6 Å². The lowest BCUT2D eigenvalue weighted by Gasteiger charge is -2.32. The van der Waals surface area contributed by atoms with Crippen LogP contribution in [-0.4, -0.2) is 50.2 Å². The summed E-state index contributed by atoms with van der Waals surface area (Å²) in [6.07, 6.45) is 3.15. The summed E-state index contributed by atoms with van der Waals surface area (Å²) in [4.78, 5) is 15.3. The molecule has 0 spiro atoms. The zero-order chi connectivity index (χ0) is 17.6. The number of nitrogens with two attached hydrogens (primary N) is 1. The molecule has 1 saturated heterocycles. The van der Waals surface area contributed by atoms with E-state index in [4.69, 9.17) is 10.5 Å². The third kappa shape index (κ3) is 6.61. The molecule has 3 rings (SSSR count). The molecule has 1 unspecified atom stereocenters. The van der Waals surface area contributed by atoms with Gasteiger partial charge in [-0.2, -0.15) is 0 Å². The van der Waals surface area contributed by atoms with Crippen molar-refractivity contribution in [3.63, 3.8) is 0 Å². The molecular formula is C20H33Cl2N3O2. The van der Waals surface area contributed by atoms with E-state index in [2.05, 4.69) is 41.4 Å². The quantitative estimate of drug-likeness (QED) is 0.746. The number of aryl methyl sites for hydroxylation is 1. The summed E-state index contributed by atoms with van der Waals surface area (Å²) in [5, 5.41) is 3.33. The Balaban J connectivity index is 0.00000182. The molecule has 1 aromatic carbocycles. The average Bonchev–Trinajstić information content (AvgIpc) is 3.11. The van der Waals surface area contributed by atoms with Crippen molar-refractivity contribution in [2.24, 2.45) is 17.6 Å². The van der Waals surface area contributed by atoms with E-state index in [0.717, 1.165) is 52.1 Å². The molecule has 5 nitrogen and oxygen atoms in total. The minimum absolute atomic E-state index is 0. The summed E-state index contributed by atoms with van der Waals surface area (Å²) in [5.74, 6) is 0.580. The minimum Gasteiger partial charge on any atom is -0.379 e. The number of benzene rings is 1. The summed E-state index contributed by atoms with van der Waals surface area (Å²) >= 11 is 0. The number of carbonyl (C=O) groups is 1. The number of hydrogen-bond donors (Lipinski definition) is 2. The van der Waals surface area contributed by atoms with Crippen LogP contribution in [0.1, 0.15) is 36.4 Å². The number of morpholine rings is 1. The molecule has 3 atom stereocenters. The molecule has 2 fully saturated rings. The van der Waals surface area contributed by atoms with E-state index in [0.29, 0.717) is 12.5 Å². The number of nitrogens with one attached hydrogen (secondary N) is 1. The minimum atomic E-state index is 0. The van der Waals surface area contributed by atoms with Crippen molar-refractivity contribution < 1.29 is 9.53 Å². The summed E-state index contributed by atoms with van der Waals surface area (Å²) < 4.78 is 5.45. The number of nitrogens with zero attached hydrogens (tertiary/aromatic N) is 1. The highest BCUT2D eigenvalue weighted by Gasteiger charge is 2.33. The second-order valence-electron chi connectivity index (χ2n) is 7.42. The fourth-order valence-electron chi connectivity index (χ4n) is 4.02. The summed E-state index contributed by atoms with van der Waals surface area (Å²) in [6, 6.07) is 8.52. The van der Waals surface area contributed by atoms with Crippen molar-refractivity contribution in [2.45, 2.75) is 32.2 Å². The van der Waals surface area contributed by atoms with Crippen LogP contribution in [0.3, 0.4) is 0 Å². The Morgan fingerprint density at radius 2 is 1.89 bits per heavy atom. The van der Waals surface area contributed by atoms with Crippen molar-refractivity contribution in [2.75, 3.05) is 39.4 Å². The summed E-state index contributed by atoms with van der Waals surface area (Å²) in [6.45, 7) is 6.91. The predicted molar refractivity (Wildman–Crippen MR) is 114 cm³/mol. The van der Waals surface area contributed by atoms with Gasteiger partial charge >= 0.3 is 0 Å². The standard InChI is InChI=1S/C20H31N3O2.2ClH/c1-15-5-7-16(8-6-15)19(14-23-9-11-25-12-10-23)22-20(24)18-4-2-3-17(18)13-21;;/h5-8,17-19H,2-4,9-14,21H2,1H3,(H,22,24);2*1H/t17-,18-,19?;;/m1../s1. The zero-order valence-electron chi connectivity index (χ0n) is 16.1. The second-order valence-corrected chi connectivity index (χ2v) is 7.42. The van der Waals surface area contributed by atoms with Crippen LogP contribution in [-0.2, 0) is 9.53 Å². The molecule has 0 aromatic heterocycles. The van der Waals surface area contributed by atoms with Crippen LogP contribution < -0.4 is 11.1 Å². The first-order chi connectivity index (χ1) is 12.2. The molecule has 3 N–H and O–H groups in total. The third-order valence-corrected chi connectivity index (χ3v) is 5.64. The highest BCUT2D eigenvalue weighted by atomic mass is 35.5. The summed E-state index contributed by atoms with van der Waals surface area (Å²) in [5.41, 5.74) is 8.28. The third-order valence-electron chi connectivity index (χ3n) is 5.64. The fraction of sp³-hybridized carbons (Fsp3) is 0.650. The number of carbonyl (C=O) groups excluding carboxylic acids is 1. The van der Waals surface area contributed by atoms with E-state index >= 15 is 0 Å². The molecule has 7 heteroatoms.